The summed E-state index contributed by atoms with van der Waals surface area (Å²) in [6.07, 6.45) is 0. The molecule has 0 saturated carbocycles. The molecule has 0 unspecified atom stereocenters. The van der Waals surface area contributed by atoms with Crippen LogP contribution in [0.25, 0.3) is 0 Å². The lowest BCUT2D eigenvalue weighted by molar-refractivity contribution is 0.0443. The van der Waals surface area contributed by atoms with E-state index in [0.29, 0.717) is 17.4 Å². The predicted molar refractivity (Wildman–Crippen MR) is 79.2 cm³/mol. The standard InChI is InChI=1S/C14H16ClNO2.ClH/c15-13-5-1-2-6-14(13)18-10-4-3-7-16-8-11-17-12-9-16;/h1-2,5-6H,7-12H2;1H. The van der Waals surface area contributed by atoms with Crippen LogP contribution in [0.5, 0.6) is 5.75 Å². The van der Waals surface area contributed by atoms with E-state index in [9.17, 15) is 0 Å². The van der Waals surface area contributed by atoms with Crippen molar-refractivity contribution in [2.45, 2.75) is 0 Å². The van der Waals surface area contributed by atoms with Crippen LogP contribution in [0.1, 0.15) is 0 Å². The Labute approximate surface area is 125 Å². The van der Waals surface area contributed by atoms with E-state index >= 15 is 0 Å². The van der Waals surface area contributed by atoms with Gasteiger partial charge in [0.25, 0.3) is 0 Å². The van der Waals surface area contributed by atoms with Gasteiger partial charge in [-0.25, -0.2) is 0 Å². The van der Waals surface area contributed by atoms with Crippen LogP contribution in [0.2, 0.25) is 5.02 Å². The number of rotatable bonds is 3. The maximum absolute atomic E-state index is 5.96. The smallest absolute Gasteiger partial charge is 0.149 e. The molecule has 1 aromatic rings. The van der Waals surface area contributed by atoms with Gasteiger partial charge in [-0.2, -0.15) is 0 Å². The van der Waals surface area contributed by atoms with Gasteiger partial charge in [-0.15, -0.1) is 12.4 Å². The SMILES string of the molecule is Cl.Clc1ccccc1OCC#CCN1CCOCC1. The summed E-state index contributed by atoms with van der Waals surface area (Å²) in [6, 6.07) is 7.41. The highest BCUT2D eigenvalue weighted by Crippen LogP contribution is 2.22. The molecule has 1 aliphatic heterocycles. The molecule has 3 nitrogen and oxygen atoms in total. The van der Waals surface area contributed by atoms with Crippen LogP contribution in [0.15, 0.2) is 24.3 Å². The first-order valence-electron chi connectivity index (χ1n) is 5.99. The number of morpholine rings is 1. The highest BCUT2D eigenvalue weighted by atomic mass is 35.5. The van der Waals surface area contributed by atoms with Crippen LogP contribution in [-0.4, -0.2) is 44.4 Å². The van der Waals surface area contributed by atoms with Crippen LogP contribution in [-0.2, 0) is 4.74 Å². The van der Waals surface area contributed by atoms with Crippen LogP contribution in [0, 0.1) is 11.8 Å². The zero-order valence-corrected chi connectivity index (χ0v) is 12.2. The van der Waals surface area contributed by atoms with Crippen molar-refractivity contribution >= 4 is 24.0 Å². The summed E-state index contributed by atoms with van der Waals surface area (Å²) in [7, 11) is 0. The first kappa shape index (κ1) is 16.1. The van der Waals surface area contributed by atoms with Gasteiger partial charge in [0.2, 0.25) is 0 Å². The van der Waals surface area contributed by atoms with Crippen molar-refractivity contribution in [3.05, 3.63) is 29.3 Å². The molecule has 104 valence electrons. The summed E-state index contributed by atoms with van der Waals surface area (Å²) in [5.74, 6) is 6.77. The van der Waals surface area contributed by atoms with Crippen molar-refractivity contribution in [1.82, 2.24) is 4.90 Å². The lowest BCUT2D eigenvalue weighted by atomic mass is 10.3. The van der Waals surface area contributed by atoms with Crippen molar-refractivity contribution in [2.75, 3.05) is 39.5 Å². The molecule has 0 N–H and O–H groups in total. The Morgan fingerprint density at radius 1 is 1.21 bits per heavy atom. The van der Waals surface area contributed by atoms with Crippen molar-refractivity contribution in [3.63, 3.8) is 0 Å². The fourth-order valence-corrected chi connectivity index (χ4v) is 1.84. The number of hydrogen-bond acceptors (Lipinski definition) is 3. The molecular formula is C14H17Cl2NO2. The maximum atomic E-state index is 5.96. The molecule has 5 heteroatoms. The first-order chi connectivity index (χ1) is 8.86. The van der Waals surface area contributed by atoms with E-state index in [2.05, 4.69) is 16.7 Å². The third-order valence-corrected chi connectivity index (χ3v) is 2.98. The minimum Gasteiger partial charge on any atom is -0.479 e. The predicted octanol–water partition coefficient (Wildman–Crippen LogP) is 2.48. The van der Waals surface area contributed by atoms with Crippen molar-refractivity contribution in [3.8, 4) is 17.6 Å². The van der Waals surface area contributed by atoms with E-state index in [1.807, 2.05) is 18.2 Å². The number of hydrogen-bond donors (Lipinski definition) is 0. The molecule has 19 heavy (non-hydrogen) atoms. The highest BCUT2D eigenvalue weighted by Gasteiger charge is 2.07. The average molecular weight is 302 g/mol. The molecule has 0 amide bonds. The van der Waals surface area contributed by atoms with Gasteiger partial charge in [0.15, 0.2) is 0 Å². The molecular weight excluding hydrogens is 285 g/mol. The summed E-state index contributed by atoms with van der Waals surface area (Å²) in [5, 5.41) is 0.618. The lowest BCUT2D eigenvalue weighted by Crippen LogP contribution is -2.36. The summed E-state index contributed by atoms with van der Waals surface area (Å²) in [5.41, 5.74) is 0. The Hall–Kier alpha value is -0.920. The van der Waals surface area contributed by atoms with E-state index in [4.69, 9.17) is 21.1 Å². The van der Waals surface area contributed by atoms with E-state index in [1.165, 1.54) is 0 Å². The molecule has 1 fully saturated rings. The quantitative estimate of drug-likeness (QED) is 0.801. The number of para-hydroxylation sites is 1. The van der Waals surface area contributed by atoms with Crippen molar-refractivity contribution in [1.29, 1.82) is 0 Å². The lowest BCUT2D eigenvalue weighted by Gasteiger charge is -2.24. The van der Waals surface area contributed by atoms with Crippen molar-refractivity contribution < 1.29 is 9.47 Å². The Kier molecular flexibility index (Phi) is 7.69. The summed E-state index contributed by atoms with van der Waals surface area (Å²) >= 11 is 5.96. The molecule has 1 aromatic carbocycles. The number of benzene rings is 1. The van der Waals surface area contributed by atoms with E-state index in [1.54, 1.807) is 6.07 Å². The molecule has 1 heterocycles. The van der Waals surface area contributed by atoms with E-state index in [-0.39, 0.29) is 12.4 Å². The monoisotopic (exact) mass is 301 g/mol. The Bertz CT molecular complexity index is 437. The van der Waals surface area contributed by atoms with Gasteiger partial charge in [0, 0.05) is 13.1 Å². The molecule has 0 radical (unpaired) electrons. The van der Waals surface area contributed by atoms with Crippen LogP contribution >= 0.6 is 24.0 Å². The van der Waals surface area contributed by atoms with Crippen LogP contribution in [0.4, 0.5) is 0 Å². The normalized spacial score (nSPS) is 15.0. The second kappa shape index (κ2) is 9.06. The Balaban J connectivity index is 0.00000180. The largest absolute Gasteiger partial charge is 0.479 e. The van der Waals surface area contributed by atoms with Gasteiger partial charge < -0.3 is 9.47 Å². The third kappa shape index (κ3) is 5.71. The summed E-state index contributed by atoms with van der Waals surface area (Å²) < 4.78 is 10.7. The fraction of sp³-hybridized carbons (Fsp3) is 0.429. The van der Waals surface area contributed by atoms with Gasteiger partial charge in [0.1, 0.15) is 12.4 Å². The number of nitrogens with zero attached hydrogens (tertiary/aromatic N) is 1. The second-order valence-corrected chi connectivity index (χ2v) is 4.37. The number of halogens is 2. The highest BCUT2D eigenvalue weighted by molar-refractivity contribution is 6.32. The zero-order valence-electron chi connectivity index (χ0n) is 10.6. The first-order valence-corrected chi connectivity index (χ1v) is 6.37. The molecule has 0 bridgehead atoms. The topological polar surface area (TPSA) is 21.7 Å². The fourth-order valence-electron chi connectivity index (χ4n) is 1.65. The summed E-state index contributed by atoms with van der Waals surface area (Å²) in [6.45, 7) is 4.67. The van der Waals surface area contributed by atoms with Gasteiger partial charge in [-0.1, -0.05) is 35.6 Å². The average Bonchev–Trinajstić information content (AvgIpc) is 2.42. The van der Waals surface area contributed by atoms with Crippen molar-refractivity contribution in [2.24, 2.45) is 0 Å². The Morgan fingerprint density at radius 3 is 2.68 bits per heavy atom. The van der Waals surface area contributed by atoms with Gasteiger partial charge in [-0.05, 0) is 12.1 Å². The molecule has 0 spiro atoms. The second-order valence-electron chi connectivity index (χ2n) is 3.96. The molecule has 1 saturated heterocycles. The maximum Gasteiger partial charge on any atom is 0.149 e. The molecule has 0 aromatic heterocycles. The third-order valence-electron chi connectivity index (χ3n) is 2.67. The van der Waals surface area contributed by atoms with E-state index < -0.39 is 0 Å². The number of ether oxygens (including phenoxy) is 2. The van der Waals surface area contributed by atoms with Crippen LogP contribution in [0.3, 0.4) is 0 Å². The summed E-state index contributed by atoms with van der Waals surface area (Å²) in [4.78, 5) is 2.27. The molecule has 0 aliphatic carbocycles. The molecule has 2 rings (SSSR count). The van der Waals surface area contributed by atoms with E-state index in [0.717, 1.165) is 32.8 Å². The zero-order chi connectivity index (χ0) is 12.6. The molecule has 1 aliphatic rings. The minimum absolute atomic E-state index is 0. The molecule has 0 atom stereocenters. The van der Waals surface area contributed by atoms with Gasteiger partial charge in [0.05, 0.1) is 24.8 Å². The van der Waals surface area contributed by atoms with Gasteiger partial charge >= 0.3 is 0 Å². The van der Waals surface area contributed by atoms with Crippen LogP contribution < -0.4 is 4.74 Å². The minimum atomic E-state index is 0. The van der Waals surface area contributed by atoms with Gasteiger partial charge in [-0.3, -0.25) is 4.90 Å². The Morgan fingerprint density at radius 2 is 1.95 bits per heavy atom.